The Balaban J connectivity index is 1.61. The van der Waals surface area contributed by atoms with Crippen molar-refractivity contribution in [1.29, 1.82) is 0 Å². The van der Waals surface area contributed by atoms with Crippen molar-refractivity contribution in [3.63, 3.8) is 0 Å². The Kier molecular flexibility index (Phi) is 10.9. The molecule has 36 heavy (non-hydrogen) atoms. The highest BCUT2D eigenvalue weighted by molar-refractivity contribution is 5.79. The summed E-state index contributed by atoms with van der Waals surface area (Å²) >= 11 is 0. The topological polar surface area (TPSA) is 75.6 Å². The molecule has 2 atom stereocenters. The number of ether oxygens (including phenoxy) is 1. The third kappa shape index (κ3) is 7.62. The number of aliphatic carboxylic acids is 1. The number of hydrogen-bond acceptors (Lipinski definition) is 3. The molecule has 5 nitrogen and oxygen atoms in total. The van der Waals surface area contributed by atoms with E-state index in [0.29, 0.717) is 19.3 Å². The molecule has 0 saturated heterocycles. The molecule has 1 aliphatic rings. The summed E-state index contributed by atoms with van der Waals surface area (Å²) in [5.41, 5.74) is 4.70. The second kappa shape index (κ2) is 14.3. The van der Waals surface area contributed by atoms with Crippen LogP contribution in [-0.4, -0.2) is 29.8 Å². The quantitative estimate of drug-likeness (QED) is 0.206. The Bertz CT molecular complexity index is 995. The van der Waals surface area contributed by atoms with Gasteiger partial charge in [-0.05, 0) is 47.9 Å². The molecule has 0 aliphatic heterocycles. The lowest BCUT2D eigenvalue weighted by Gasteiger charge is -2.23. The lowest BCUT2D eigenvalue weighted by molar-refractivity contribution is -0.142. The number of carboxylic acid groups (broad SMARTS) is 1. The van der Waals surface area contributed by atoms with E-state index in [0.717, 1.165) is 44.9 Å². The van der Waals surface area contributed by atoms with Crippen molar-refractivity contribution in [2.75, 3.05) is 6.61 Å². The van der Waals surface area contributed by atoms with Crippen molar-refractivity contribution in [3.05, 3.63) is 59.7 Å². The normalized spacial score (nSPS) is 13.8. The number of carbonyl (C=O) groups excluding carboxylic acids is 1. The number of terminal acetylenes is 1. The van der Waals surface area contributed by atoms with Gasteiger partial charge in [0.1, 0.15) is 6.61 Å². The molecule has 3 rings (SSSR count). The molecule has 0 bridgehead atoms. The van der Waals surface area contributed by atoms with Gasteiger partial charge in [-0.3, -0.25) is 4.79 Å². The Morgan fingerprint density at radius 3 is 2.22 bits per heavy atom. The first-order chi connectivity index (χ1) is 17.5. The molecule has 192 valence electrons. The van der Waals surface area contributed by atoms with E-state index in [1.807, 2.05) is 24.3 Å². The molecule has 0 aromatic heterocycles. The summed E-state index contributed by atoms with van der Waals surface area (Å²) in [6.45, 7) is 2.40. The third-order valence-corrected chi connectivity index (χ3v) is 7.11. The molecular formula is C31H39NO4. The predicted molar refractivity (Wildman–Crippen MR) is 144 cm³/mol. The smallest absolute Gasteiger partial charge is 0.407 e. The Morgan fingerprint density at radius 1 is 0.972 bits per heavy atom. The number of alkyl carbamates (subject to hydrolysis) is 1. The van der Waals surface area contributed by atoms with E-state index in [4.69, 9.17) is 11.2 Å². The molecule has 1 amide bonds. The summed E-state index contributed by atoms with van der Waals surface area (Å²) in [7, 11) is 0. The zero-order valence-electron chi connectivity index (χ0n) is 21.4. The van der Waals surface area contributed by atoms with Gasteiger partial charge in [-0.2, -0.15) is 0 Å². The van der Waals surface area contributed by atoms with Gasteiger partial charge >= 0.3 is 12.1 Å². The largest absolute Gasteiger partial charge is 0.481 e. The number of hydrogen-bond donors (Lipinski definition) is 2. The van der Waals surface area contributed by atoms with Crippen LogP contribution in [0.25, 0.3) is 11.1 Å². The first-order valence-corrected chi connectivity index (χ1v) is 13.3. The molecular weight excluding hydrogens is 450 g/mol. The lowest BCUT2D eigenvalue weighted by atomic mass is 9.91. The van der Waals surface area contributed by atoms with Crippen LogP contribution in [0, 0.1) is 18.3 Å². The van der Waals surface area contributed by atoms with Crippen LogP contribution in [0.1, 0.15) is 88.2 Å². The molecule has 5 heteroatoms. The van der Waals surface area contributed by atoms with Gasteiger partial charge in [-0.25, -0.2) is 4.79 Å². The minimum atomic E-state index is -0.816. The van der Waals surface area contributed by atoms with Gasteiger partial charge in [0.2, 0.25) is 0 Å². The predicted octanol–water partition coefficient (Wildman–Crippen LogP) is 7.15. The maximum Gasteiger partial charge on any atom is 0.407 e. The fourth-order valence-corrected chi connectivity index (χ4v) is 5.18. The molecule has 0 saturated carbocycles. The van der Waals surface area contributed by atoms with Crippen molar-refractivity contribution < 1.29 is 19.4 Å². The van der Waals surface area contributed by atoms with Crippen LogP contribution in [0.5, 0.6) is 0 Å². The van der Waals surface area contributed by atoms with Crippen LogP contribution in [0.15, 0.2) is 48.5 Å². The van der Waals surface area contributed by atoms with Crippen molar-refractivity contribution in [3.8, 4) is 23.5 Å². The van der Waals surface area contributed by atoms with Crippen molar-refractivity contribution >= 4 is 12.1 Å². The number of unbranched alkanes of at least 4 members (excludes halogenated alkanes) is 5. The fourth-order valence-electron chi connectivity index (χ4n) is 5.18. The Labute approximate surface area is 215 Å². The third-order valence-electron chi connectivity index (χ3n) is 7.11. The fraction of sp³-hybridized carbons (Fsp3) is 0.484. The average molecular weight is 490 g/mol. The first-order valence-electron chi connectivity index (χ1n) is 13.3. The van der Waals surface area contributed by atoms with Gasteiger partial charge in [0, 0.05) is 18.4 Å². The molecule has 0 heterocycles. The van der Waals surface area contributed by atoms with E-state index in [2.05, 4.69) is 42.4 Å². The van der Waals surface area contributed by atoms with Gasteiger partial charge in [-0.1, -0.05) is 87.6 Å². The van der Waals surface area contributed by atoms with E-state index in [1.54, 1.807) is 0 Å². The molecule has 1 aliphatic carbocycles. The molecule has 0 spiro atoms. The second-order valence-corrected chi connectivity index (χ2v) is 9.74. The van der Waals surface area contributed by atoms with Gasteiger partial charge in [0.15, 0.2) is 0 Å². The van der Waals surface area contributed by atoms with Crippen LogP contribution in [0.4, 0.5) is 4.79 Å². The molecule has 0 fully saturated rings. The van der Waals surface area contributed by atoms with E-state index in [1.165, 1.54) is 22.3 Å². The molecule has 2 N–H and O–H groups in total. The van der Waals surface area contributed by atoms with E-state index in [-0.39, 0.29) is 18.6 Å². The molecule has 1 unspecified atom stereocenters. The minimum Gasteiger partial charge on any atom is -0.481 e. The number of rotatable bonds is 15. The van der Waals surface area contributed by atoms with Crippen LogP contribution in [0.3, 0.4) is 0 Å². The van der Waals surface area contributed by atoms with Crippen LogP contribution in [-0.2, 0) is 9.53 Å². The summed E-state index contributed by atoms with van der Waals surface area (Å²) in [6, 6.07) is 16.3. The Hall–Kier alpha value is -3.26. The van der Waals surface area contributed by atoms with Crippen LogP contribution in [0.2, 0.25) is 0 Å². The molecule has 2 aromatic carbocycles. The van der Waals surface area contributed by atoms with Gasteiger partial charge in [0.05, 0.1) is 5.92 Å². The van der Waals surface area contributed by atoms with Gasteiger partial charge in [0.25, 0.3) is 0 Å². The van der Waals surface area contributed by atoms with Crippen molar-refractivity contribution in [2.45, 2.75) is 83.1 Å². The number of fused-ring (bicyclic) bond motifs is 3. The number of carbonyl (C=O) groups is 2. The first kappa shape index (κ1) is 27.3. The van der Waals surface area contributed by atoms with Crippen LogP contribution < -0.4 is 5.32 Å². The molecule has 0 radical (unpaired) electrons. The monoisotopic (exact) mass is 489 g/mol. The van der Waals surface area contributed by atoms with Gasteiger partial charge in [-0.15, -0.1) is 12.3 Å². The maximum atomic E-state index is 12.9. The number of benzene rings is 2. The Morgan fingerprint density at radius 2 is 1.61 bits per heavy atom. The second-order valence-electron chi connectivity index (χ2n) is 9.74. The maximum absolute atomic E-state index is 12.9. The number of amides is 1. The number of carboxylic acids is 1. The lowest BCUT2D eigenvalue weighted by Crippen LogP contribution is -2.38. The number of nitrogens with one attached hydrogen (secondary N) is 1. The summed E-state index contributed by atoms with van der Waals surface area (Å²) in [5.74, 6) is 1.28. The zero-order chi connectivity index (χ0) is 25.8. The van der Waals surface area contributed by atoms with E-state index < -0.39 is 18.0 Å². The summed E-state index contributed by atoms with van der Waals surface area (Å²) in [4.78, 5) is 24.8. The summed E-state index contributed by atoms with van der Waals surface area (Å²) in [6.07, 6.45) is 13.1. The highest BCUT2D eigenvalue weighted by atomic mass is 16.5. The van der Waals surface area contributed by atoms with Crippen molar-refractivity contribution in [1.82, 2.24) is 5.32 Å². The summed E-state index contributed by atoms with van der Waals surface area (Å²) in [5, 5.41) is 12.8. The summed E-state index contributed by atoms with van der Waals surface area (Å²) < 4.78 is 5.73. The van der Waals surface area contributed by atoms with E-state index in [9.17, 15) is 14.7 Å². The van der Waals surface area contributed by atoms with Gasteiger partial charge < -0.3 is 15.2 Å². The zero-order valence-corrected chi connectivity index (χ0v) is 21.4. The standard InChI is InChI=1S/C31H39NO4/c1-3-5-7-9-15-23(30(33)34)21-24(16-10-8-6-4-2)32-31(35)36-22-29-27-19-13-11-17-25(27)26-18-12-14-20-28(26)29/h1,11-14,17-20,23-24,29H,4-10,15-16,21-22H2,2H3,(H,32,35)(H,33,34)/t23-,24?/m0/s1. The van der Waals surface area contributed by atoms with E-state index >= 15 is 0 Å². The highest BCUT2D eigenvalue weighted by Crippen LogP contribution is 2.44. The van der Waals surface area contributed by atoms with Crippen molar-refractivity contribution in [2.24, 2.45) is 5.92 Å². The SMILES string of the molecule is C#CCCCC[C@@H](CC(CCCCCC)NC(=O)OCC1c2ccccc2-c2ccccc21)C(=O)O. The molecule has 2 aromatic rings. The van der Waals surface area contributed by atoms with Crippen LogP contribution >= 0.6 is 0 Å². The average Bonchev–Trinajstić information content (AvgIpc) is 3.20. The minimum absolute atomic E-state index is 0.00548. The highest BCUT2D eigenvalue weighted by Gasteiger charge is 2.29.